The molecule has 0 radical (unpaired) electrons. The fourth-order valence-corrected chi connectivity index (χ4v) is 3.88. The molecule has 0 aliphatic carbocycles. The molecule has 0 saturated carbocycles. The standard InChI is InChI=1S/C24H30N4O3/c1-3-28-14-8-11-19(28)16-26-23(30)24(31)27-21-13-7-6-12-20(21)22(29)25-15-18-10-5-4-9-17(18)2/h4-7,9-10,12-13,19H,3,8,11,14-16H2,1-2H3,(H,25,29)(H,26,30)(H,27,31)/t19-/m1/s1. The maximum Gasteiger partial charge on any atom is 0.313 e. The van der Waals surface area contributed by atoms with Crippen LogP contribution in [0.3, 0.4) is 0 Å². The second kappa shape index (κ2) is 10.7. The van der Waals surface area contributed by atoms with E-state index in [9.17, 15) is 14.4 Å². The molecule has 1 heterocycles. The Bertz CT molecular complexity index is 944. The second-order valence-corrected chi connectivity index (χ2v) is 7.74. The smallest absolute Gasteiger partial charge is 0.313 e. The number of carbonyl (C=O) groups is 3. The number of benzene rings is 2. The van der Waals surface area contributed by atoms with Crippen LogP contribution in [0.1, 0.15) is 41.3 Å². The normalized spacial score (nSPS) is 16.0. The van der Waals surface area contributed by atoms with Crippen molar-refractivity contribution in [3.05, 3.63) is 65.2 Å². The van der Waals surface area contributed by atoms with Crippen LogP contribution < -0.4 is 16.0 Å². The average Bonchev–Trinajstić information content (AvgIpc) is 3.24. The molecule has 3 N–H and O–H groups in total. The van der Waals surface area contributed by atoms with Crippen molar-refractivity contribution in [3.8, 4) is 0 Å². The number of likely N-dealkylation sites (tertiary alicyclic amines) is 1. The molecule has 1 aliphatic heterocycles. The van der Waals surface area contributed by atoms with Gasteiger partial charge in [-0.3, -0.25) is 19.3 Å². The van der Waals surface area contributed by atoms with Gasteiger partial charge in [-0.25, -0.2) is 0 Å². The number of para-hydroxylation sites is 1. The van der Waals surface area contributed by atoms with Gasteiger partial charge in [-0.2, -0.15) is 0 Å². The summed E-state index contributed by atoms with van der Waals surface area (Å²) in [4.78, 5) is 39.7. The van der Waals surface area contributed by atoms with Crippen molar-refractivity contribution in [2.45, 2.75) is 39.3 Å². The van der Waals surface area contributed by atoms with Crippen molar-refractivity contribution >= 4 is 23.4 Å². The zero-order valence-corrected chi connectivity index (χ0v) is 18.1. The number of amides is 3. The van der Waals surface area contributed by atoms with Crippen molar-refractivity contribution in [2.75, 3.05) is 25.0 Å². The van der Waals surface area contributed by atoms with Crippen LogP contribution in [0.25, 0.3) is 0 Å². The molecule has 164 valence electrons. The Morgan fingerprint density at radius 3 is 2.52 bits per heavy atom. The lowest BCUT2D eigenvalue weighted by molar-refractivity contribution is -0.136. The Balaban J connectivity index is 1.57. The van der Waals surface area contributed by atoms with E-state index in [0.717, 1.165) is 37.1 Å². The summed E-state index contributed by atoms with van der Waals surface area (Å²) >= 11 is 0. The van der Waals surface area contributed by atoms with E-state index >= 15 is 0 Å². The van der Waals surface area contributed by atoms with Gasteiger partial charge in [-0.05, 0) is 56.1 Å². The first-order valence-corrected chi connectivity index (χ1v) is 10.7. The third-order valence-electron chi connectivity index (χ3n) is 5.73. The molecule has 0 bridgehead atoms. The van der Waals surface area contributed by atoms with Gasteiger partial charge in [0.05, 0.1) is 11.3 Å². The van der Waals surface area contributed by atoms with E-state index in [1.807, 2.05) is 31.2 Å². The second-order valence-electron chi connectivity index (χ2n) is 7.74. The van der Waals surface area contributed by atoms with E-state index < -0.39 is 11.8 Å². The van der Waals surface area contributed by atoms with Gasteiger partial charge >= 0.3 is 11.8 Å². The van der Waals surface area contributed by atoms with Crippen LogP contribution >= 0.6 is 0 Å². The first-order valence-electron chi connectivity index (χ1n) is 10.7. The molecule has 7 heteroatoms. The molecule has 31 heavy (non-hydrogen) atoms. The predicted molar refractivity (Wildman–Crippen MR) is 121 cm³/mol. The maximum atomic E-state index is 12.7. The van der Waals surface area contributed by atoms with Crippen LogP contribution in [-0.2, 0) is 16.1 Å². The SMILES string of the molecule is CCN1CCC[C@@H]1CNC(=O)C(=O)Nc1ccccc1C(=O)NCc1ccccc1C. The number of hydrogen-bond acceptors (Lipinski definition) is 4. The number of anilines is 1. The molecule has 1 atom stereocenters. The van der Waals surface area contributed by atoms with Crippen LogP contribution in [0.4, 0.5) is 5.69 Å². The van der Waals surface area contributed by atoms with Gasteiger partial charge in [0.15, 0.2) is 0 Å². The highest BCUT2D eigenvalue weighted by Crippen LogP contribution is 2.17. The third kappa shape index (κ3) is 5.92. The monoisotopic (exact) mass is 422 g/mol. The van der Waals surface area contributed by atoms with Gasteiger partial charge in [0, 0.05) is 19.1 Å². The minimum atomic E-state index is -0.778. The third-order valence-corrected chi connectivity index (χ3v) is 5.73. The van der Waals surface area contributed by atoms with E-state index in [1.165, 1.54) is 0 Å². The first kappa shape index (κ1) is 22.5. The van der Waals surface area contributed by atoms with E-state index in [4.69, 9.17) is 0 Å². The Labute approximate surface area is 183 Å². The quantitative estimate of drug-likeness (QED) is 0.598. The fraction of sp³-hybridized carbons (Fsp3) is 0.375. The van der Waals surface area contributed by atoms with Gasteiger partial charge in [-0.15, -0.1) is 0 Å². The molecular weight excluding hydrogens is 392 g/mol. The molecule has 3 amide bonds. The molecule has 1 aliphatic rings. The zero-order chi connectivity index (χ0) is 22.2. The van der Waals surface area contributed by atoms with Crippen molar-refractivity contribution < 1.29 is 14.4 Å². The summed E-state index contributed by atoms with van der Waals surface area (Å²) in [6.45, 7) is 6.85. The summed E-state index contributed by atoms with van der Waals surface area (Å²) in [6.07, 6.45) is 2.12. The molecule has 2 aromatic rings. The molecule has 0 spiro atoms. The number of rotatable bonds is 7. The molecule has 7 nitrogen and oxygen atoms in total. The first-order chi connectivity index (χ1) is 15.0. The van der Waals surface area contributed by atoms with Crippen molar-refractivity contribution in [1.82, 2.24) is 15.5 Å². The van der Waals surface area contributed by atoms with Crippen LogP contribution in [-0.4, -0.2) is 48.3 Å². The summed E-state index contributed by atoms with van der Waals surface area (Å²) in [5, 5.41) is 8.17. The number of hydrogen-bond donors (Lipinski definition) is 3. The van der Waals surface area contributed by atoms with E-state index in [0.29, 0.717) is 24.3 Å². The lowest BCUT2D eigenvalue weighted by atomic mass is 10.1. The Kier molecular flexibility index (Phi) is 7.78. The zero-order valence-electron chi connectivity index (χ0n) is 18.1. The average molecular weight is 423 g/mol. The van der Waals surface area contributed by atoms with E-state index in [-0.39, 0.29) is 11.9 Å². The Morgan fingerprint density at radius 1 is 1.00 bits per heavy atom. The lowest BCUT2D eigenvalue weighted by Gasteiger charge is -2.22. The summed E-state index contributed by atoms with van der Waals surface area (Å²) in [5.74, 6) is -1.79. The lowest BCUT2D eigenvalue weighted by Crippen LogP contribution is -2.43. The van der Waals surface area contributed by atoms with Gasteiger partial charge in [-0.1, -0.05) is 43.3 Å². The molecule has 0 aromatic heterocycles. The van der Waals surface area contributed by atoms with Gasteiger partial charge in [0.1, 0.15) is 0 Å². The highest BCUT2D eigenvalue weighted by atomic mass is 16.2. The van der Waals surface area contributed by atoms with Crippen LogP contribution in [0.2, 0.25) is 0 Å². The molecule has 3 rings (SSSR count). The largest absolute Gasteiger partial charge is 0.348 e. The van der Waals surface area contributed by atoms with Crippen molar-refractivity contribution in [1.29, 1.82) is 0 Å². The summed E-state index contributed by atoms with van der Waals surface area (Å²) in [5.41, 5.74) is 2.72. The van der Waals surface area contributed by atoms with E-state index in [2.05, 4.69) is 27.8 Å². The van der Waals surface area contributed by atoms with Gasteiger partial charge in [0.2, 0.25) is 0 Å². The minimum absolute atomic E-state index is 0.265. The van der Waals surface area contributed by atoms with Crippen LogP contribution in [0.15, 0.2) is 48.5 Å². The number of aryl methyl sites for hydroxylation is 1. The summed E-state index contributed by atoms with van der Waals surface area (Å²) < 4.78 is 0. The Morgan fingerprint density at radius 2 is 1.74 bits per heavy atom. The van der Waals surface area contributed by atoms with E-state index in [1.54, 1.807) is 24.3 Å². The molecule has 0 unspecified atom stereocenters. The minimum Gasteiger partial charge on any atom is -0.348 e. The van der Waals surface area contributed by atoms with Crippen LogP contribution in [0.5, 0.6) is 0 Å². The van der Waals surface area contributed by atoms with Crippen molar-refractivity contribution in [2.24, 2.45) is 0 Å². The molecular formula is C24H30N4O3. The maximum absolute atomic E-state index is 12.7. The topological polar surface area (TPSA) is 90.5 Å². The van der Waals surface area contributed by atoms with Crippen molar-refractivity contribution in [3.63, 3.8) is 0 Å². The van der Waals surface area contributed by atoms with Gasteiger partial charge in [0.25, 0.3) is 5.91 Å². The number of likely N-dealkylation sites (N-methyl/N-ethyl adjacent to an activating group) is 1. The number of carbonyl (C=O) groups excluding carboxylic acids is 3. The number of nitrogens with one attached hydrogen (secondary N) is 3. The predicted octanol–water partition coefficient (Wildman–Crippen LogP) is 2.46. The highest BCUT2D eigenvalue weighted by Gasteiger charge is 2.25. The number of nitrogens with zero attached hydrogens (tertiary/aromatic N) is 1. The van der Waals surface area contributed by atoms with Crippen LogP contribution in [0, 0.1) is 6.92 Å². The molecule has 1 fully saturated rings. The Hall–Kier alpha value is -3.19. The molecule has 1 saturated heterocycles. The summed E-state index contributed by atoms with van der Waals surface area (Å²) in [6, 6.07) is 14.7. The summed E-state index contributed by atoms with van der Waals surface area (Å²) in [7, 11) is 0. The fourth-order valence-electron chi connectivity index (χ4n) is 3.88. The highest BCUT2D eigenvalue weighted by molar-refractivity contribution is 6.40. The van der Waals surface area contributed by atoms with Gasteiger partial charge < -0.3 is 16.0 Å². The molecule has 2 aromatic carbocycles.